The number of ether oxygens (including phenoxy) is 1. The van der Waals surface area contributed by atoms with Crippen LogP contribution in [0.3, 0.4) is 0 Å². The molecule has 0 spiro atoms. The van der Waals surface area contributed by atoms with Crippen LogP contribution >= 0.6 is 0 Å². The Morgan fingerprint density at radius 3 is 2.45 bits per heavy atom. The molecule has 1 atom stereocenters. The van der Waals surface area contributed by atoms with Gasteiger partial charge in [-0.1, -0.05) is 6.92 Å². The molecule has 1 radical (unpaired) electrons. The van der Waals surface area contributed by atoms with Gasteiger partial charge in [0.15, 0.2) is 0 Å². The van der Waals surface area contributed by atoms with E-state index in [1.807, 2.05) is 0 Å². The molecule has 0 saturated heterocycles. The summed E-state index contributed by atoms with van der Waals surface area (Å²) >= 11 is 0. The van der Waals surface area contributed by atoms with Gasteiger partial charge in [-0.3, -0.25) is 9.59 Å². The third-order valence-corrected chi connectivity index (χ3v) is 1.46. The third-order valence-electron chi connectivity index (χ3n) is 1.46. The summed E-state index contributed by atoms with van der Waals surface area (Å²) in [5, 5.41) is 0. The smallest absolute Gasteiger partial charge is 0.315 e. The van der Waals surface area contributed by atoms with Gasteiger partial charge in [-0.25, -0.2) is 0 Å². The molecule has 0 aromatic rings. The maximum Gasteiger partial charge on any atom is 0.315 e. The number of hydrogen-bond donors (Lipinski definition) is 0. The molecule has 0 heterocycles. The van der Waals surface area contributed by atoms with Gasteiger partial charge in [0.05, 0.1) is 7.11 Å². The highest BCUT2D eigenvalue weighted by molar-refractivity contribution is 5.98. The maximum atomic E-state index is 11.0. The van der Waals surface area contributed by atoms with Crippen molar-refractivity contribution in [1.29, 1.82) is 0 Å². The van der Waals surface area contributed by atoms with Crippen LogP contribution in [0.1, 0.15) is 19.8 Å². The number of ketones is 1. The molecule has 0 aromatic heterocycles. The molecule has 0 N–H and O–H groups in total. The van der Waals surface area contributed by atoms with Crippen LogP contribution in [-0.4, -0.2) is 18.9 Å². The average Bonchev–Trinajstić information content (AvgIpc) is 2.02. The number of carbonyl (C=O) groups is 2. The first-order valence-electron chi connectivity index (χ1n) is 3.53. The molecule has 0 amide bonds. The summed E-state index contributed by atoms with van der Waals surface area (Å²) in [6.07, 6.45) is 0.871. The Morgan fingerprint density at radius 1 is 1.55 bits per heavy atom. The molecule has 3 heteroatoms. The molecule has 0 bridgehead atoms. The Hall–Kier alpha value is -0.860. The molecule has 0 aliphatic carbocycles. The van der Waals surface area contributed by atoms with Crippen LogP contribution in [0.25, 0.3) is 0 Å². The molecule has 11 heavy (non-hydrogen) atoms. The van der Waals surface area contributed by atoms with Crippen LogP contribution in [0.4, 0.5) is 0 Å². The summed E-state index contributed by atoms with van der Waals surface area (Å²) in [5.41, 5.74) is 0. The van der Waals surface area contributed by atoms with Crippen LogP contribution in [0.5, 0.6) is 0 Å². The number of hydrogen-bond acceptors (Lipinski definition) is 3. The molecular formula is C8H13O3. The highest BCUT2D eigenvalue weighted by Gasteiger charge is 2.20. The standard InChI is InChI=1S/C8H13O3/c1-4-5-7(9)6(2)8(10)11-3/h6H,1,4-5H2,2-3H3. The molecule has 0 saturated carbocycles. The Morgan fingerprint density at radius 2 is 2.09 bits per heavy atom. The molecule has 0 aliphatic heterocycles. The van der Waals surface area contributed by atoms with Crippen molar-refractivity contribution in [3.8, 4) is 0 Å². The Bertz CT molecular complexity index is 151. The van der Waals surface area contributed by atoms with Crippen LogP contribution < -0.4 is 0 Å². The van der Waals surface area contributed by atoms with Gasteiger partial charge in [0.25, 0.3) is 0 Å². The zero-order chi connectivity index (χ0) is 8.85. The molecular weight excluding hydrogens is 144 g/mol. The predicted octanol–water partition coefficient (Wildman–Crippen LogP) is 0.979. The lowest BCUT2D eigenvalue weighted by Crippen LogP contribution is -2.21. The SMILES string of the molecule is [CH2]CCC(=O)C(C)C(=O)OC. The van der Waals surface area contributed by atoms with Gasteiger partial charge >= 0.3 is 5.97 Å². The summed E-state index contributed by atoms with van der Waals surface area (Å²) in [4.78, 5) is 21.8. The zero-order valence-electron chi connectivity index (χ0n) is 6.92. The highest BCUT2D eigenvalue weighted by Crippen LogP contribution is 2.04. The summed E-state index contributed by atoms with van der Waals surface area (Å²) in [6, 6.07) is 0. The van der Waals surface area contributed by atoms with Gasteiger partial charge in [0.1, 0.15) is 11.7 Å². The first kappa shape index (κ1) is 10.1. The fourth-order valence-corrected chi connectivity index (χ4v) is 0.699. The van der Waals surface area contributed by atoms with Gasteiger partial charge in [0, 0.05) is 6.42 Å². The van der Waals surface area contributed by atoms with E-state index in [0.29, 0.717) is 12.8 Å². The van der Waals surface area contributed by atoms with Crippen LogP contribution in [0.15, 0.2) is 0 Å². The van der Waals surface area contributed by atoms with E-state index in [-0.39, 0.29) is 5.78 Å². The van der Waals surface area contributed by atoms with Crippen molar-refractivity contribution in [2.75, 3.05) is 7.11 Å². The van der Waals surface area contributed by atoms with Gasteiger partial charge < -0.3 is 4.74 Å². The number of rotatable bonds is 4. The summed E-state index contributed by atoms with van der Waals surface area (Å²) in [5.74, 6) is -1.21. The Kier molecular flexibility index (Phi) is 4.50. The van der Waals surface area contributed by atoms with Crippen molar-refractivity contribution >= 4 is 11.8 Å². The molecule has 1 unspecified atom stereocenters. The largest absolute Gasteiger partial charge is 0.468 e. The Balaban J connectivity index is 3.91. The van der Waals surface area contributed by atoms with Crippen LogP contribution in [0, 0.1) is 12.8 Å². The zero-order valence-corrected chi connectivity index (χ0v) is 6.92. The lowest BCUT2D eigenvalue weighted by atomic mass is 10.0. The molecule has 0 rings (SSSR count). The summed E-state index contributed by atoms with van der Waals surface area (Å²) in [7, 11) is 1.27. The third kappa shape index (κ3) is 3.16. The molecule has 3 nitrogen and oxygen atoms in total. The quantitative estimate of drug-likeness (QED) is 0.451. The monoisotopic (exact) mass is 157 g/mol. The molecule has 0 fully saturated rings. The number of Topliss-reactive ketones (excluding diaryl/α,β-unsaturated/α-hetero) is 1. The first-order chi connectivity index (χ1) is 5.13. The van der Waals surface area contributed by atoms with Crippen molar-refractivity contribution in [3.63, 3.8) is 0 Å². The van der Waals surface area contributed by atoms with Crippen LogP contribution in [-0.2, 0) is 14.3 Å². The van der Waals surface area contributed by atoms with E-state index in [0.717, 1.165) is 0 Å². The average molecular weight is 157 g/mol. The van der Waals surface area contributed by atoms with E-state index in [4.69, 9.17) is 0 Å². The number of esters is 1. The van der Waals surface area contributed by atoms with E-state index in [2.05, 4.69) is 11.7 Å². The van der Waals surface area contributed by atoms with Gasteiger partial charge in [0.2, 0.25) is 0 Å². The second kappa shape index (κ2) is 4.88. The van der Waals surface area contributed by atoms with Crippen LogP contribution in [0.2, 0.25) is 0 Å². The first-order valence-corrected chi connectivity index (χ1v) is 3.53. The highest BCUT2D eigenvalue weighted by atomic mass is 16.5. The van der Waals surface area contributed by atoms with E-state index >= 15 is 0 Å². The van der Waals surface area contributed by atoms with E-state index in [1.54, 1.807) is 6.92 Å². The van der Waals surface area contributed by atoms with Crippen molar-refractivity contribution in [3.05, 3.63) is 6.92 Å². The lowest BCUT2D eigenvalue weighted by Gasteiger charge is -2.05. The molecule has 0 aliphatic rings. The Labute approximate surface area is 66.7 Å². The van der Waals surface area contributed by atoms with Gasteiger partial charge in [-0.05, 0) is 13.3 Å². The number of carbonyl (C=O) groups excluding carboxylic acids is 2. The van der Waals surface area contributed by atoms with E-state index in [1.165, 1.54) is 7.11 Å². The van der Waals surface area contributed by atoms with Gasteiger partial charge in [-0.15, -0.1) is 0 Å². The minimum atomic E-state index is -0.637. The van der Waals surface area contributed by atoms with E-state index < -0.39 is 11.9 Å². The number of methoxy groups -OCH3 is 1. The molecule has 0 aromatic carbocycles. The minimum absolute atomic E-state index is 0.105. The predicted molar refractivity (Wildman–Crippen MR) is 40.8 cm³/mol. The normalized spacial score (nSPS) is 12.3. The fraction of sp³-hybridized carbons (Fsp3) is 0.625. The van der Waals surface area contributed by atoms with Crippen molar-refractivity contribution < 1.29 is 14.3 Å². The van der Waals surface area contributed by atoms with Crippen molar-refractivity contribution in [2.24, 2.45) is 5.92 Å². The van der Waals surface area contributed by atoms with Gasteiger partial charge in [-0.2, -0.15) is 0 Å². The van der Waals surface area contributed by atoms with E-state index in [9.17, 15) is 9.59 Å². The second-order valence-corrected chi connectivity index (χ2v) is 2.31. The summed E-state index contributed by atoms with van der Waals surface area (Å²) < 4.78 is 4.40. The second-order valence-electron chi connectivity index (χ2n) is 2.31. The topological polar surface area (TPSA) is 43.4 Å². The maximum absolute atomic E-state index is 11.0. The molecule has 63 valence electrons. The summed E-state index contributed by atoms with van der Waals surface area (Å²) in [6.45, 7) is 5.07. The van der Waals surface area contributed by atoms with Crippen molar-refractivity contribution in [1.82, 2.24) is 0 Å². The minimum Gasteiger partial charge on any atom is -0.468 e. The fourth-order valence-electron chi connectivity index (χ4n) is 0.699. The van der Waals surface area contributed by atoms with Crippen molar-refractivity contribution in [2.45, 2.75) is 19.8 Å². The lowest BCUT2D eigenvalue weighted by molar-refractivity contribution is -0.148.